The molecule has 0 spiro atoms. The minimum absolute atomic E-state index is 0.0732. The van der Waals surface area contributed by atoms with Crippen molar-refractivity contribution < 1.29 is 13.2 Å². The molecule has 1 saturated heterocycles. The summed E-state index contributed by atoms with van der Waals surface area (Å²) in [6.45, 7) is 3.96. The number of sulfone groups is 1. The van der Waals surface area contributed by atoms with Crippen molar-refractivity contribution in [3.63, 3.8) is 0 Å². The molecule has 0 radical (unpaired) electrons. The Bertz CT molecular complexity index is 230. The van der Waals surface area contributed by atoms with Crippen molar-refractivity contribution in [2.45, 2.75) is 18.1 Å². The van der Waals surface area contributed by atoms with Crippen LogP contribution < -0.4 is 0 Å². The van der Waals surface area contributed by atoms with Crippen LogP contribution in [0.25, 0.3) is 0 Å². The van der Waals surface area contributed by atoms with E-state index >= 15 is 0 Å². The molecule has 0 aromatic carbocycles. The van der Waals surface area contributed by atoms with Gasteiger partial charge in [0.25, 0.3) is 0 Å². The molecule has 0 saturated carbocycles. The van der Waals surface area contributed by atoms with E-state index < -0.39 is 9.84 Å². The van der Waals surface area contributed by atoms with Crippen LogP contribution in [0.5, 0.6) is 0 Å². The summed E-state index contributed by atoms with van der Waals surface area (Å²) in [7, 11) is -2.63. The second-order valence-electron chi connectivity index (χ2n) is 2.63. The Kier molecular flexibility index (Phi) is 2.54. The molecule has 1 rings (SSSR count). The van der Waals surface area contributed by atoms with E-state index in [4.69, 9.17) is 4.74 Å². The van der Waals surface area contributed by atoms with E-state index in [0.717, 1.165) is 12.8 Å². The first-order valence-electron chi connectivity index (χ1n) is 3.61. The normalized spacial score (nSPS) is 26.0. The summed E-state index contributed by atoms with van der Waals surface area (Å²) in [4.78, 5) is 0. The van der Waals surface area contributed by atoms with Gasteiger partial charge in [-0.05, 0) is 12.8 Å². The van der Waals surface area contributed by atoms with Gasteiger partial charge in [-0.25, -0.2) is 8.42 Å². The highest BCUT2D eigenvalue weighted by atomic mass is 32.2. The summed E-state index contributed by atoms with van der Waals surface area (Å²) >= 11 is 0. The molecular formula is C7H12O3S. The highest BCUT2D eigenvalue weighted by Gasteiger charge is 2.42. The van der Waals surface area contributed by atoms with Crippen LogP contribution >= 0.6 is 0 Å². The Labute approximate surface area is 67.0 Å². The first kappa shape index (κ1) is 8.59. The molecule has 4 heteroatoms. The molecule has 0 aromatic heterocycles. The van der Waals surface area contributed by atoms with Crippen molar-refractivity contribution in [3.8, 4) is 0 Å². The van der Waals surface area contributed by atoms with Crippen molar-refractivity contribution >= 4 is 9.84 Å². The molecular weight excluding hydrogens is 164 g/mol. The molecule has 1 atom stereocenters. The van der Waals surface area contributed by atoms with Crippen LogP contribution in [0.2, 0.25) is 0 Å². The summed E-state index contributed by atoms with van der Waals surface area (Å²) < 4.78 is 26.2. The van der Waals surface area contributed by atoms with Crippen LogP contribution in [0.1, 0.15) is 12.8 Å². The molecule has 3 nitrogen and oxygen atoms in total. The number of ether oxygens (including phenoxy) is 1. The van der Waals surface area contributed by atoms with Gasteiger partial charge in [0.15, 0.2) is 9.84 Å². The predicted octanol–water partition coefficient (Wildman–Crippen LogP) is 0.724. The highest BCUT2D eigenvalue weighted by molar-refractivity contribution is 7.99. The fourth-order valence-corrected chi connectivity index (χ4v) is 2.43. The van der Waals surface area contributed by atoms with Crippen molar-refractivity contribution in [3.05, 3.63) is 12.8 Å². The first-order chi connectivity index (χ1) is 5.17. The number of hydrogen-bond donors (Lipinski definition) is 0. The third kappa shape index (κ3) is 2.54. The van der Waals surface area contributed by atoms with Crippen molar-refractivity contribution in [1.82, 2.24) is 0 Å². The van der Waals surface area contributed by atoms with Gasteiger partial charge in [0.05, 0.1) is 23.9 Å². The molecule has 1 aliphatic heterocycles. The van der Waals surface area contributed by atoms with E-state index in [-0.39, 0.29) is 5.25 Å². The van der Waals surface area contributed by atoms with E-state index in [1.54, 1.807) is 0 Å². The molecule has 1 aliphatic rings. The topological polar surface area (TPSA) is 43.4 Å². The van der Waals surface area contributed by atoms with Gasteiger partial charge in [0, 0.05) is 0 Å². The van der Waals surface area contributed by atoms with E-state index in [2.05, 4.69) is 6.58 Å². The summed E-state index contributed by atoms with van der Waals surface area (Å²) in [6.07, 6.45) is 2.91. The van der Waals surface area contributed by atoms with Gasteiger partial charge in [0.2, 0.25) is 0 Å². The molecule has 1 heterocycles. The van der Waals surface area contributed by atoms with Crippen LogP contribution in [-0.2, 0) is 14.6 Å². The third-order valence-electron chi connectivity index (χ3n) is 1.72. The standard InChI is InChI=1S/C7H12O3S/c1-2-10-5-3-4-7-6-11(7,8)9/h2,7H,1,3-6H2. The zero-order chi connectivity index (χ0) is 8.32. The van der Waals surface area contributed by atoms with Gasteiger partial charge < -0.3 is 4.74 Å². The van der Waals surface area contributed by atoms with Gasteiger partial charge >= 0.3 is 0 Å². The molecule has 0 amide bonds. The van der Waals surface area contributed by atoms with E-state index in [9.17, 15) is 8.42 Å². The lowest BCUT2D eigenvalue weighted by molar-refractivity contribution is 0.244. The fourth-order valence-electron chi connectivity index (χ4n) is 0.960. The Morgan fingerprint density at radius 2 is 2.27 bits per heavy atom. The second kappa shape index (κ2) is 3.26. The monoisotopic (exact) mass is 176 g/mol. The Hall–Kier alpha value is -0.510. The zero-order valence-electron chi connectivity index (χ0n) is 6.32. The predicted molar refractivity (Wildman–Crippen MR) is 43.0 cm³/mol. The van der Waals surface area contributed by atoms with Gasteiger partial charge in [-0.1, -0.05) is 6.58 Å². The minimum Gasteiger partial charge on any atom is -0.502 e. The largest absolute Gasteiger partial charge is 0.502 e. The quantitative estimate of drug-likeness (QED) is 0.352. The lowest BCUT2D eigenvalue weighted by atomic mass is 10.3. The molecule has 1 unspecified atom stereocenters. The summed E-state index contributed by atoms with van der Waals surface area (Å²) in [6, 6.07) is 0. The maximum Gasteiger partial charge on any atom is 0.155 e. The maximum atomic E-state index is 10.7. The molecule has 11 heavy (non-hydrogen) atoms. The van der Waals surface area contributed by atoms with Crippen LogP contribution in [0.15, 0.2) is 12.8 Å². The molecule has 0 N–H and O–H groups in total. The smallest absolute Gasteiger partial charge is 0.155 e. The van der Waals surface area contributed by atoms with Gasteiger partial charge in [-0.2, -0.15) is 0 Å². The van der Waals surface area contributed by atoms with Crippen molar-refractivity contribution in [2.24, 2.45) is 0 Å². The molecule has 0 aromatic rings. The fraction of sp³-hybridized carbons (Fsp3) is 0.714. The minimum atomic E-state index is -2.63. The van der Waals surface area contributed by atoms with E-state index in [0.29, 0.717) is 12.4 Å². The lowest BCUT2D eigenvalue weighted by Crippen LogP contribution is -1.93. The number of hydrogen-bond acceptors (Lipinski definition) is 3. The van der Waals surface area contributed by atoms with Gasteiger partial charge in [-0.3, -0.25) is 0 Å². The summed E-state index contributed by atoms with van der Waals surface area (Å²) in [5, 5.41) is -0.0732. The third-order valence-corrected chi connectivity index (χ3v) is 3.57. The Morgan fingerprint density at radius 3 is 2.73 bits per heavy atom. The van der Waals surface area contributed by atoms with Gasteiger partial charge in [-0.15, -0.1) is 0 Å². The van der Waals surface area contributed by atoms with Crippen LogP contribution in [-0.4, -0.2) is 26.0 Å². The van der Waals surface area contributed by atoms with Crippen LogP contribution in [0.3, 0.4) is 0 Å². The average molecular weight is 176 g/mol. The van der Waals surface area contributed by atoms with Crippen LogP contribution in [0.4, 0.5) is 0 Å². The molecule has 1 fully saturated rings. The molecule has 64 valence electrons. The second-order valence-corrected chi connectivity index (χ2v) is 4.96. The van der Waals surface area contributed by atoms with E-state index in [1.165, 1.54) is 6.26 Å². The van der Waals surface area contributed by atoms with Crippen LogP contribution in [0, 0.1) is 0 Å². The first-order valence-corrected chi connectivity index (χ1v) is 5.32. The summed E-state index contributed by atoms with van der Waals surface area (Å²) in [5.74, 6) is 0.376. The average Bonchev–Trinajstić information content (AvgIpc) is 2.52. The van der Waals surface area contributed by atoms with Gasteiger partial charge in [0.1, 0.15) is 0 Å². The Morgan fingerprint density at radius 1 is 1.64 bits per heavy atom. The molecule has 0 aliphatic carbocycles. The highest BCUT2D eigenvalue weighted by Crippen LogP contribution is 2.25. The molecule has 0 bridgehead atoms. The lowest BCUT2D eigenvalue weighted by Gasteiger charge is -1.96. The van der Waals surface area contributed by atoms with Crippen molar-refractivity contribution in [1.29, 1.82) is 0 Å². The van der Waals surface area contributed by atoms with E-state index in [1.807, 2.05) is 0 Å². The SMILES string of the molecule is C=COCCCC1CS1(=O)=O. The maximum absolute atomic E-state index is 10.7. The Balaban J connectivity index is 2.02. The zero-order valence-corrected chi connectivity index (χ0v) is 7.14. The van der Waals surface area contributed by atoms with Crippen molar-refractivity contribution in [2.75, 3.05) is 12.4 Å². The number of rotatable bonds is 5. The summed E-state index contributed by atoms with van der Waals surface area (Å²) in [5.41, 5.74) is 0.